The normalized spacial score (nSPS) is 29.2. The smallest absolute Gasteiger partial charge is 0.383 e. The van der Waals surface area contributed by atoms with Crippen LogP contribution in [0.3, 0.4) is 0 Å². The quantitative estimate of drug-likeness (QED) is 0.0173. The number of nitrogen functional groups attached to an aromatic ring is 4. The van der Waals surface area contributed by atoms with Gasteiger partial charge in [-0.2, -0.15) is 19.9 Å². The van der Waals surface area contributed by atoms with E-state index in [1.165, 1.54) is 47.0 Å². The average Bonchev–Trinajstić information content (AvgIpc) is 1.64. The van der Waals surface area contributed by atoms with Gasteiger partial charge in [-0.05, 0) is 34.1 Å². The molecule has 76 heteroatoms. The summed E-state index contributed by atoms with van der Waals surface area (Å²) in [6.45, 7) is -30.5. The monoisotopic (exact) mass is 2340 g/mol. The summed E-state index contributed by atoms with van der Waals surface area (Å²) in [5.41, 5.74) is 15.2. The number of nitrogens with zero attached hydrogens (tertiary/aromatic N) is 11. The van der Waals surface area contributed by atoms with Gasteiger partial charge in [-0.25, -0.2) is 66.1 Å². The van der Waals surface area contributed by atoms with Crippen LogP contribution < -0.4 is 79.0 Å². The third-order valence-corrected chi connectivity index (χ3v) is 36.3. The van der Waals surface area contributed by atoms with Gasteiger partial charge in [0, 0.05) is 80.5 Å². The zero-order valence-electron chi connectivity index (χ0n) is 77.3. The molecule has 148 heavy (non-hydrogen) atoms. The van der Waals surface area contributed by atoms with Crippen LogP contribution in [-0.4, -0.2) is 230 Å². The molecular weight excluding hydrogens is 2250 g/mol. The summed E-state index contributed by atoms with van der Waals surface area (Å²) in [6, 6.07) is 0. The summed E-state index contributed by atoms with van der Waals surface area (Å²) < 4.78 is 234. The molecule has 17 rings (SSSR count). The Bertz CT molecular complexity index is 7800. The van der Waals surface area contributed by atoms with Crippen LogP contribution in [0.5, 0.6) is 0 Å². The number of hydrogen-bond acceptors (Lipinski definition) is 49. The molecule has 0 spiro atoms. The van der Waals surface area contributed by atoms with E-state index in [4.69, 9.17) is 119 Å². The minimum Gasteiger partial charge on any atom is -0.383 e. The minimum absolute atomic E-state index is 0.0168. The third-order valence-electron chi connectivity index (χ3n) is 24.6. The summed E-state index contributed by atoms with van der Waals surface area (Å²) in [6.07, 6.45) is -25.3. The Labute approximate surface area is 864 Å². The maximum atomic E-state index is 15.1. The molecule has 0 aromatic carbocycles. The molecule has 0 saturated carbocycles. The summed E-state index contributed by atoms with van der Waals surface area (Å²) in [5.74, 6) is -1.18. The van der Waals surface area contributed by atoms with Crippen molar-refractivity contribution in [1.82, 2.24) is 98.0 Å². The van der Waals surface area contributed by atoms with Crippen LogP contribution in [0.2, 0.25) is 0 Å². The van der Waals surface area contributed by atoms with Crippen molar-refractivity contribution in [2.24, 2.45) is 0 Å². The van der Waals surface area contributed by atoms with Crippen molar-refractivity contribution < 1.29 is 128 Å². The molecule has 62 nitrogen and oxygen atoms in total. The topological polar surface area (TPSA) is 840 Å². The third kappa shape index (κ3) is 25.6. The molecule has 0 amide bonds. The predicted molar refractivity (Wildman–Crippen MR) is 537 cm³/mol. The van der Waals surface area contributed by atoms with Crippen LogP contribution in [-0.2, 0) is 128 Å². The molecule has 17 heterocycles. The van der Waals surface area contributed by atoms with E-state index >= 15 is 13.7 Å². The van der Waals surface area contributed by atoms with Gasteiger partial charge >= 0.3 is 70.3 Å². The highest BCUT2D eigenvalue weighted by Gasteiger charge is 2.53. The standard InChI is InChI=1S/C72H95N24O38P7S7/c1-7-29-33(11-46(124-29)93-15-25(2)60(97)92-72(93)106)131-138(110,145)115-17-41-31(9-38(122-41)51-27(4)61(98)90-70(104)81-51)129-136(108,143)119-20-44-36(14-49(126-44)96-24-79-55-59(96)86-68(76)89-65(55)102)134-141(113,148)120-21-45-35(13-48(127-45)95-23-78-54-58(95)85-67(75)88-64(54)101)133-140(112,147)117-18-42-32(10-39(123-42)52-28(5)62(99)91-71(105)82-52)130-137(109,144)118-19-43-34(12-47(125-43)94-22-77-53-57(94)84-66(74)87-63(53)100)132-139(111,146)116-16-40-30(128-135(107,142)114-6)8-37(121-40)50-26(3)56(73)83-69(103)80-50/h15,22-24,29-49H,7-14,16-21H2,1-6H3,(H,107,142)(H,108,143)(H,109,144)(H,110,145)(H,111,146)(H,112,147)(H,113,148)(H,92,97,106)(H3,73,80,83,103)(H3,74,84,87,100)(H3,75,85,88,101)(H3,76,86,89,102)(H2,81,90,98,104)(H2,82,91,99,105)/t29-,30?,31?,32?,33?,34?,35?,36?,37-,38-,39-,40-,41-,42-,43-,44-,45-,46-,47-,48-,49-,135?,136?,137?,138?,139?,140?,141?/m1/s1. The summed E-state index contributed by atoms with van der Waals surface area (Å²) in [4.78, 5) is 179. The molecule has 28 atom stereocenters. The van der Waals surface area contributed by atoms with Crippen LogP contribution in [0, 0.1) is 27.7 Å². The summed E-state index contributed by atoms with van der Waals surface area (Å²) >= 11 is 30.0. The van der Waals surface area contributed by atoms with Gasteiger partial charge in [-0.1, -0.05) is 92.7 Å². The van der Waals surface area contributed by atoms with Crippen molar-refractivity contribution in [3.05, 3.63) is 169 Å². The fourth-order valence-electron chi connectivity index (χ4n) is 17.6. The van der Waals surface area contributed by atoms with Gasteiger partial charge in [0.1, 0.15) is 104 Å². The fourth-order valence-corrected chi connectivity index (χ4v) is 27.7. The molecule has 0 aliphatic carbocycles. The van der Waals surface area contributed by atoms with E-state index < -0.39 is 291 Å². The Hall–Kier alpha value is -7.61. The first-order chi connectivity index (χ1) is 69.6. The number of nitrogens with two attached hydrogens (primary N) is 4. The Kier molecular flexibility index (Phi) is 33.4. The van der Waals surface area contributed by atoms with Crippen LogP contribution in [0.1, 0.15) is 141 Å². The zero-order chi connectivity index (χ0) is 106. The first-order valence-corrected chi connectivity index (χ1v) is 63.1. The first-order valence-electron chi connectivity index (χ1n) is 44.2. The number of aromatic amines is 9. The molecule has 808 valence electrons. The van der Waals surface area contributed by atoms with Gasteiger partial charge in [0.2, 0.25) is 17.8 Å². The lowest BCUT2D eigenvalue weighted by atomic mass is 10.1. The number of hydrogen-bond donors (Lipinski definition) is 20. The minimum atomic E-state index is -4.97. The highest BCUT2D eigenvalue weighted by Crippen LogP contribution is 2.65. The number of H-pyrrole nitrogens is 9. The molecule has 0 bridgehead atoms. The second-order valence-corrected chi connectivity index (χ2v) is 54.7. The van der Waals surface area contributed by atoms with E-state index in [1.54, 1.807) is 13.8 Å². The number of fused-ring (bicyclic) bond motifs is 3. The molecule has 14 unspecified atom stereocenters. The second kappa shape index (κ2) is 44.3. The fraction of sp³-hybridized carbons (Fsp3) is 0.569. The maximum Gasteiger partial charge on any atom is 0.386 e. The number of aryl methyl sites for hydroxylation is 1. The maximum absolute atomic E-state index is 15.1. The lowest BCUT2D eigenvalue weighted by Crippen LogP contribution is -2.33. The molecule has 7 fully saturated rings. The van der Waals surface area contributed by atoms with Crippen molar-refractivity contribution >= 4 is 190 Å². The summed E-state index contributed by atoms with van der Waals surface area (Å²) in [5, 5.41) is 0. The van der Waals surface area contributed by atoms with Crippen LogP contribution in [0.15, 0.2) is 73.1 Å². The van der Waals surface area contributed by atoms with Crippen LogP contribution in [0.4, 0.5) is 23.7 Å². The Morgan fingerprint density at radius 3 is 0.946 bits per heavy atom. The summed E-state index contributed by atoms with van der Waals surface area (Å²) in [7, 11) is 1.07. The lowest BCUT2D eigenvalue weighted by Gasteiger charge is -2.27. The average molecular weight is 2350 g/mol. The number of imidazole rings is 3. The largest absolute Gasteiger partial charge is 0.386 e. The number of aromatic nitrogens is 20. The Morgan fingerprint density at radius 2 is 0.628 bits per heavy atom. The van der Waals surface area contributed by atoms with Gasteiger partial charge < -0.3 is 75.6 Å². The van der Waals surface area contributed by atoms with E-state index in [-0.39, 0.29) is 123 Å². The number of thiol groups is 7. The lowest BCUT2D eigenvalue weighted by molar-refractivity contribution is -0.0485. The SMILES string of the molecule is CC[C@H]1O[C@@H](n2cc(C)c(=O)[nH]c2=O)CC1OP(=O)(S)OC[C@H]1O[C@@H](c2[nH]c(=O)[nH]c(=O)c2C)CC1OP(=O)(S)OC[C@H]1O[C@@H](n2cnc3c(=O)[nH]c(N)nc32)CC1OP(=O)(S)OC[C@H]1O[C@@H](n2cnc3c(=O)[nH]c(N)nc32)CC1OP(=O)(S)OC[C@H]1O[C@@H](c2[nH]c(=O)[nH]c(=O)c2C)CC1OP(=O)(S)OC[C@H]1O[C@@H](n2cnc3c(=O)[nH]c(N)nc32)CC1OP(=O)(S)OC[C@H]1O[C@@H](c2[nH]c(=O)nc(N)c2C)CC1OP(=O)(S)OC. The second-order valence-electron chi connectivity index (χ2n) is 34.5. The van der Waals surface area contributed by atoms with E-state index in [0.717, 1.165) is 24.3 Å². The van der Waals surface area contributed by atoms with Crippen molar-refractivity contribution in [3.8, 4) is 0 Å². The van der Waals surface area contributed by atoms with Gasteiger partial charge in [0.25, 0.3) is 33.4 Å². The van der Waals surface area contributed by atoms with Crippen molar-refractivity contribution in [2.75, 3.05) is 69.7 Å². The molecule has 10 aromatic heterocycles. The van der Waals surface area contributed by atoms with Gasteiger partial charge in [0.05, 0.1) is 106 Å². The van der Waals surface area contributed by atoms with Crippen LogP contribution >= 0.6 is 133 Å². The molecule has 7 saturated heterocycles. The van der Waals surface area contributed by atoms with E-state index in [2.05, 4.69) is 165 Å². The van der Waals surface area contributed by atoms with Gasteiger partial charge in [-0.15, -0.1) is 0 Å². The number of anilines is 4. The Morgan fingerprint density at radius 1 is 0.345 bits per heavy atom. The van der Waals surface area contributed by atoms with Gasteiger partial charge in [0.15, 0.2) is 33.5 Å². The predicted octanol–water partition coefficient (Wildman–Crippen LogP) is 5.19. The molecule has 10 aromatic rings. The van der Waals surface area contributed by atoms with E-state index in [0.29, 0.717) is 5.56 Å². The molecule has 7 aliphatic heterocycles. The number of ether oxygens (including phenoxy) is 7. The van der Waals surface area contributed by atoms with E-state index in [1.807, 2.05) is 0 Å². The van der Waals surface area contributed by atoms with Gasteiger partial charge in [-0.3, -0.25) is 136 Å². The van der Waals surface area contributed by atoms with Crippen molar-refractivity contribution in [3.63, 3.8) is 0 Å². The molecule has 0 radical (unpaired) electrons. The van der Waals surface area contributed by atoms with Crippen LogP contribution in [0.25, 0.3) is 33.5 Å². The van der Waals surface area contributed by atoms with Crippen molar-refractivity contribution in [1.29, 1.82) is 0 Å². The molecular formula is C72H95N24O38P7S7. The Balaban J connectivity index is 0.594. The van der Waals surface area contributed by atoms with Crippen molar-refractivity contribution in [2.45, 2.75) is 215 Å². The number of nitrogens with one attached hydrogen (secondary N) is 9. The van der Waals surface area contributed by atoms with E-state index in [9.17, 15) is 66.2 Å². The zero-order valence-corrected chi connectivity index (χ0v) is 89.9. The highest BCUT2D eigenvalue weighted by molar-refractivity contribution is 8.46. The number of rotatable bonds is 41. The molecule has 17 N–H and O–H groups in total. The molecule has 7 aliphatic rings. The first kappa shape index (κ1) is 112. The highest BCUT2D eigenvalue weighted by atomic mass is 32.7.